The number of hydrogen-bond donors (Lipinski definition) is 2. The fourth-order valence-electron chi connectivity index (χ4n) is 4.53. The molecule has 8 nitrogen and oxygen atoms in total. The topological polar surface area (TPSA) is 121 Å². The zero-order valence-corrected chi connectivity index (χ0v) is 22.5. The first kappa shape index (κ1) is 27.9. The van der Waals surface area contributed by atoms with Crippen molar-refractivity contribution in [2.75, 3.05) is 20.4 Å². The van der Waals surface area contributed by atoms with Gasteiger partial charge in [-0.05, 0) is 79.4 Å². The van der Waals surface area contributed by atoms with Crippen molar-refractivity contribution in [2.24, 2.45) is 0 Å². The Hall–Kier alpha value is -3.11. The number of rotatable bonds is 10. The largest absolute Gasteiger partial charge is 0.768 e. The predicted octanol–water partition coefficient (Wildman–Crippen LogP) is 4.42. The van der Waals surface area contributed by atoms with Crippen LogP contribution in [-0.4, -0.2) is 51.1 Å². The van der Waals surface area contributed by atoms with Gasteiger partial charge >= 0.3 is 0 Å². The van der Waals surface area contributed by atoms with Gasteiger partial charge in [-0.25, -0.2) is 0 Å². The maximum Gasteiger partial charge on any atom is 0.231 e. The van der Waals surface area contributed by atoms with Gasteiger partial charge in [0.25, 0.3) is 0 Å². The van der Waals surface area contributed by atoms with Crippen molar-refractivity contribution < 1.29 is 31.0 Å². The van der Waals surface area contributed by atoms with E-state index in [1.165, 1.54) is 12.1 Å². The molecule has 5 rings (SSSR count). The van der Waals surface area contributed by atoms with Crippen molar-refractivity contribution in [3.8, 4) is 22.8 Å². The molecule has 2 aliphatic rings. The van der Waals surface area contributed by atoms with Crippen LogP contribution in [0.15, 0.2) is 65.6 Å². The van der Waals surface area contributed by atoms with Gasteiger partial charge in [-0.3, -0.25) is 14.0 Å². The highest BCUT2D eigenvalue weighted by molar-refractivity contribution is 7.79. The Bertz CT molecular complexity index is 1280. The van der Waals surface area contributed by atoms with Crippen molar-refractivity contribution in [1.82, 2.24) is 10.3 Å². The van der Waals surface area contributed by atoms with Crippen LogP contribution in [0.25, 0.3) is 11.3 Å². The quantitative estimate of drug-likeness (QED) is 0.362. The lowest BCUT2D eigenvalue weighted by molar-refractivity contribution is -0.120. The Kier molecular flexibility index (Phi) is 9.27. The molecule has 2 atom stereocenters. The lowest BCUT2D eigenvalue weighted by Gasteiger charge is -2.15. The summed E-state index contributed by atoms with van der Waals surface area (Å²) in [7, 11) is 1.87. The summed E-state index contributed by atoms with van der Waals surface area (Å²) in [5.41, 5.74) is 2.69. The van der Waals surface area contributed by atoms with Crippen LogP contribution in [0.1, 0.15) is 46.7 Å². The first-order chi connectivity index (χ1) is 18.4. The number of aliphatic hydroxyl groups is 1. The van der Waals surface area contributed by atoms with E-state index in [2.05, 4.69) is 17.2 Å². The second-order valence-electron chi connectivity index (χ2n) is 9.48. The summed E-state index contributed by atoms with van der Waals surface area (Å²) in [5, 5.41) is 11.6. The first-order valence-electron chi connectivity index (χ1n) is 12.8. The normalized spacial score (nSPS) is 16.2. The maximum atomic E-state index is 13.2. The van der Waals surface area contributed by atoms with Crippen LogP contribution in [-0.2, 0) is 27.7 Å². The van der Waals surface area contributed by atoms with Gasteiger partial charge in [-0.15, -0.1) is 0 Å². The minimum absolute atomic E-state index is 0. The van der Waals surface area contributed by atoms with Gasteiger partial charge in [-0.2, -0.15) is 0 Å². The molecule has 3 aromatic rings. The zero-order valence-electron chi connectivity index (χ0n) is 21.6. The van der Waals surface area contributed by atoms with Crippen LogP contribution in [0.4, 0.5) is 0 Å². The van der Waals surface area contributed by atoms with Crippen LogP contribution < -0.4 is 14.8 Å². The van der Waals surface area contributed by atoms with Gasteiger partial charge in [0, 0.05) is 31.5 Å². The maximum absolute atomic E-state index is 13.2. The van der Waals surface area contributed by atoms with Gasteiger partial charge in [-0.1, -0.05) is 37.6 Å². The van der Waals surface area contributed by atoms with E-state index in [0.717, 1.165) is 36.8 Å². The van der Waals surface area contributed by atoms with Crippen LogP contribution in [0, 0.1) is 0 Å². The Morgan fingerprint density at radius 1 is 1.16 bits per heavy atom. The summed E-state index contributed by atoms with van der Waals surface area (Å²) < 4.78 is 32.9. The monoisotopic (exact) mass is 541 g/mol. The zero-order chi connectivity index (χ0) is 27.1. The standard InChI is InChI=1S/C23H19NO5S.C6H15NO.2H2/c25-22(23(10-11-23)16-6-9-20-21(12-16)29-14-28-20)13-17-2-1-3-19(24-17)15-4-7-18(8-5-15)30(26)27;1-3-4-6(5-8)7-2;;/h1-9,12H,10-11,13-14H2,(H,26,27);6-8H,3-5H2,1-2H3;2*1H/p-1/t;6-;;/m.1../s1. The Labute approximate surface area is 228 Å². The first-order valence-corrected chi connectivity index (χ1v) is 13.8. The molecule has 0 spiro atoms. The highest BCUT2D eigenvalue weighted by Crippen LogP contribution is 2.51. The molecule has 0 amide bonds. The van der Waals surface area contributed by atoms with E-state index >= 15 is 0 Å². The molecule has 9 heteroatoms. The van der Waals surface area contributed by atoms with Gasteiger partial charge in [0.05, 0.1) is 17.7 Å². The average Bonchev–Trinajstić information content (AvgIpc) is 3.63. The Morgan fingerprint density at radius 3 is 2.50 bits per heavy atom. The van der Waals surface area contributed by atoms with Gasteiger partial charge in [0.15, 0.2) is 11.5 Å². The molecule has 2 aromatic carbocycles. The van der Waals surface area contributed by atoms with E-state index in [0.29, 0.717) is 28.9 Å². The number of benzene rings is 2. The lowest BCUT2D eigenvalue weighted by Crippen LogP contribution is -2.28. The van der Waals surface area contributed by atoms with E-state index in [1.54, 1.807) is 12.1 Å². The van der Waals surface area contributed by atoms with E-state index in [4.69, 9.17) is 14.6 Å². The van der Waals surface area contributed by atoms with Crippen LogP contribution in [0.2, 0.25) is 0 Å². The predicted molar refractivity (Wildman–Crippen MR) is 148 cm³/mol. The summed E-state index contributed by atoms with van der Waals surface area (Å²) in [6, 6.07) is 18.1. The molecule has 0 saturated heterocycles. The third kappa shape index (κ3) is 6.47. The van der Waals surface area contributed by atoms with Crippen LogP contribution >= 0.6 is 0 Å². The number of ketones is 1. The molecular formula is C29H37N2O6S-. The molecule has 2 N–H and O–H groups in total. The molecule has 1 fully saturated rings. The number of hydrogen-bond acceptors (Lipinski definition) is 8. The van der Waals surface area contributed by atoms with Crippen LogP contribution in [0.3, 0.4) is 0 Å². The average molecular weight is 542 g/mol. The van der Waals surface area contributed by atoms with E-state index in [9.17, 15) is 13.6 Å². The molecule has 0 bridgehead atoms. The van der Waals surface area contributed by atoms with Crippen molar-refractivity contribution in [2.45, 2.75) is 55.4 Å². The molecule has 1 saturated carbocycles. The summed E-state index contributed by atoms with van der Waals surface area (Å²) in [6.07, 6.45) is 4.07. The smallest absolute Gasteiger partial charge is 0.231 e. The number of pyridine rings is 1. The molecule has 2 heterocycles. The van der Waals surface area contributed by atoms with Gasteiger partial charge < -0.3 is 24.4 Å². The molecule has 1 unspecified atom stereocenters. The van der Waals surface area contributed by atoms with E-state index < -0.39 is 16.5 Å². The minimum Gasteiger partial charge on any atom is -0.768 e. The Morgan fingerprint density at radius 2 is 1.89 bits per heavy atom. The van der Waals surface area contributed by atoms with Gasteiger partial charge in [0.1, 0.15) is 5.78 Å². The van der Waals surface area contributed by atoms with Crippen molar-refractivity contribution in [1.29, 1.82) is 0 Å². The Balaban J connectivity index is 0.000000495. The molecule has 206 valence electrons. The third-order valence-corrected chi connectivity index (χ3v) is 7.62. The van der Waals surface area contributed by atoms with E-state index in [-0.39, 0.29) is 33.4 Å². The fourth-order valence-corrected chi connectivity index (χ4v) is 4.89. The number of Topliss-reactive ketones (excluding diaryl/α,β-unsaturated/α-hetero) is 1. The SMILES string of the molecule is CCC[C@H](CO)NC.O=C(Cc1cccc(-c2ccc(S(=O)[O-])cc2)n1)C1(c2ccc3c(c2)OCO3)CC1.[HH].[HH]. The number of fused-ring (bicyclic) bond motifs is 1. The van der Waals surface area contributed by atoms with Crippen molar-refractivity contribution in [3.05, 3.63) is 71.9 Å². The minimum atomic E-state index is -2.26. The fraction of sp³-hybridized carbons (Fsp3) is 0.379. The second kappa shape index (κ2) is 12.6. The summed E-state index contributed by atoms with van der Waals surface area (Å²) in [4.78, 5) is 18.0. The number of ether oxygens (including phenoxy) is 2. The molecular weight excluding hydrogens is 504 g/mol. The summed E-state index contributed by atoms with van der Waals surface area (Å²) >= 11 is -2.26. The third-order valence-electron chi connectivity index (χ3n) is 6.97. The summed E-state index contributed by atoms with van der Waals surface area (Å²) in [6.45, 7) is 2.58. The van der Waals surface area contributed by atoms with Crippen molar-refractivity contribution >= 4 is 16.9 Å². The highest BCUT2D eigenvalue weighted by atomic mass is 32.2. The van der Waals surface area contributed by atoms with Crippen LogP contribution in [0.5, 0.6) is 11.5 Å². The number of nitrogens with zero attached hydrogens (tertiary/aromatic N) is 1. The molecule has 1 aliphatic carbocycles. The lowest BCUT2D eigenvalue weighted by atomic mass is 9.88. The number of likely N-dealkylation sites (N-methyl/N-ethyl adjacent to an activating group) is 1. The number of carbonyl (C=O) groups excluding carboxylic acids is 1. The number of aromatic nitrogens is 1. The molecule has 1 aliphatic heterocycles. The molecule has 38 heavy (non-hydrogen) atoms. The van der Waals surface area contributed by atoms with E-state index in [1.807, 2.05) is 43.4 Å². The molecule has 1 aromatic heterocycles. The second-order valence-corrected chi connectivity index (χ2v) is 10.4. The highest BCUT2D eigenvalue weighted by Gasteiger charge is 2.51. The van der Waals surface area contributed by atoms with Gasteiger partial charge in [0.2, 0.25) is 6.79 Å². The molecule has 0 radical (unpaired) electrons. The number of nitrogens with one attached hydrogen (secondary N) is 1. The number of aliphatic hydroxyl groups excluding tert-OH is 1. The van der Waals surface area contributed by atoms with Crippen molar-refractivity contribution in [3.63, 3.8) is 0 Å². The number of carbonyl (C=O) groups is 1. The summed E-state index contributed by atoms with van der Waals surface area (Å²) in [5.74, 6) is 1.54.